The van der Waals surface area contributed by atoms with Gasteiger partial charge in [-0.2, -0.15) is 0 Å². The molecule has 154 valence electrons. The molecule has 2 heterocycles. The number of halogens is 1. The van der Waals surface area contributed by atoms with Crippen LogP contribution in [0.4, 0.5) is 0 Å². The number of thiophene rings is 1. The van der Waals surface area contributed by atoms with Crippen molar-refractivity contribution < 1.29 is 4.74 Å². The summed E-state index contributed by atoms with van der Waals surface area (Å²) in [6.07, 6.45) is 0. The molecule has 1 fully saturated rings. The van der Waals surface area contributed by atoms with Crippen LogP contribution in [0.2, 0.25) is 0 Å². The Kier molecular flexibility index (Phi) is 10.3. The van der Waals surface area contributed by atoms with Gasteiger partial charge < -0.3 is 15.4 Å². The summed E-state index contributed by atoms with van der Waals surface area (Å²) in [6, 6.07) is 10.8. The SMILES string of the molecule is CCNC(=NCc1ccccc1CN1CCOCC1)NCc1sccc1C.I. The molecule has 0 saturated carbocycles. The van der Waals surface area contributed by atoms with E-state index in [9.17, 15) is 0 Å². The van der Waals surface area contributed by atoms with E-state index >= 15 is 0 Å². The number of aryl methyl sites for hydroxylation is 1. The second kappa shape index (κ2) is 12.4. The van der Waals surface area contributed by atoms with E-state index < -0.39 is 0 Å². The van der Waals surface area contributed by atoms with Gasteiger partial charge in [-0.25, -0.2) is 4.99 Å². The van der Waals surface area contributed by atoms with Crippen LogP contribution in [-0.2, 0) is 24.4 Å². The highest BCUT2D eigenvalue weighted by Gasteiger charge is 2.12. The molecular formula is C21H31IN4OS. The molecule has 1 aromatic heterocycles. The van der Waals surface area contributed by atoms with Gasteiger partial charge in [0.25, 0.3) is 0 Å². The second-order valence-electron chi connectivity index (χ2n) is 6.73. The van der Waals surface area contributed by atoms with Crippen molar-refractivity contribution in [3.8, 4) is 0 Å². The van der Waals surface area contributed by atoms with Gasteiger partial charge in [0.2, 0.25) is 0 Å². The molecule has 2 aromatic rings. The monoisotopic (exact) mass is 514 g/mol. The molecule has 1 saturated heterocycles. The molecule has 0 aliphatic carbocycles. The van der Waals surface area contributed by atoms with Gasteiger partial charge in [-0.1, -0.05) is 24.3 Å². The first-order chi connectivity index (χ1) is 13.3. The number of hydrogen-bond acceptors (Lipinski definition) is 4. The fourth-order valence-corrected chi connectivity index (χ4v) is 3.97. The smallest absolute Gasteiger partial charge is 0.191 e. The van der Waals surface area contributed by atoms with Gasteiger partial charge in [0.05, 0.1) is 26.3 Å². The minimum Gasteiger partial charge on any atom is -0.379 e. The van der Waals surface area contributed by atoms with Crippen molar-refractivity contribution in [1.29, 1.82) is 0 Å². The molecule has 0 amide bonds. The van der Waals surface area contributed by atoms with E-state index in [0.29, 0.717) is 6.54 Å². The Labute approximate surface area is 189 Å². The zero-order valence-corrected chi connectivity index (χ0v) is 19.9. The maximum absolute atomic E-state index is 5.46. The summed E-state index contributed by atoms with van der Waals surface area (Å²) in [5.41, 5.74) is 3.97. The number of rotatable bonds is 7. The Hall–Kier alpha value is -1.16. The Morgan fingerprint density at radius 2 is 1.89 bits per heavy atom. The van der Waals surface area contributed by atoms with E-state index in [0.717, 1.165) is 51.9 Å². The lowest BCUT2D eigenvalue weighted by molar-refractivity contribution is 0.0341. The van der Waals surface area contributed by atoms with E-state index in [1.165, 1.54) is 21.6 Å². The van der Waals surface area contributed by atoms with Crippen LogP contribution >= 0.6 is 35.3 Å². The molecule has 1 aliphatic heterocycles. The Morgan fingerprint density at radius 1 is 1.14 bits per heavy atom. The zero-order valence-electron chi connectivity index (χ0n) is 16.7. The summed E-state index contributed by atoms with van der Waals surface area (Å²) in [7, 11) is 0. The third-order valence-corrected chi connectivity index (χ3v) is 5.78. The molecule has 28 heavy (non-hydrogen) atoms. The van der Waals surface area contributed by atoms with Gasteiger partial charge in [0.1, 0.15) is 0 Å². The summed E-state index contributed by atoms with van der Waals surface area (Å²) < 4.78 is 5.46. The Balaban J connectivity index is 0.00000280. The molecule has 5 nitrogen and oxygen atoms in total. The Bertz CT molecular complexity index is 744. The molecule has 1 aliphatic rings. The quantitative estimate of drug-likeness (QED) is 0.336. The van der Waals surface area contributed by atoms with E-state index in [1.54, 1.807) is 11.3 Å². The average molecular weight is 514 g/mol. The second-order valence-corrected chi connectivity index (χ2v) is 7.73. The minimum absolute atomic E-state index is 0. The number of aliphatic imine (C=N–C) groups is 1. The maximum Gasteiger partial charge on any atom is 0.191 e. The average Bonchev–Trinajstić information content (AvgIpc) is 3.11. The maximum atomic E-state index is 5.46. The standard InChI is InChI=1S/C21H30N4OS.HI/c1-3-22-21(24-15-20-17(2)8-13-27-20)23-14-18-6-4-5-7-19(18)16-25-9-11-26-12-10-25;/h4-8,13H,3,9-12,14-16H2,1-2H3,(H2,22,23,24);1H. The van der Waals surface area contributed by atoms with Gasteiger partial charge in [0.15, 0.2) is 5.96 Å². The van der Waals surface area contributed by atoms with Crippen LogP contribution in [0.15, 0.2) is 40.7 Å². The van der Waals surface area contributed by atoms with Crippen molar-refractivity contribution in [1.82, 2.24) is 15.5 Å². The highest BCUT2D eigenvalue weighted by molar-refractivity contribution is 14.0. The number of nitrogens with zero attached hydrogens (tertiary/aromatic N) is 2. The summed E-state index contributed by atoms with van der Waals surface area (Å²) in [5.74, 6) is 0.867. The van der Waals surface area contributed by atoms with Gasteiger partial charge in [-0.3, -0.25) is 4.90 Å². The van der Waals surface area contributed by atoms with Crippen LogP contribution in [0.3, 0.4) is 0 Å². The van der Waals surface area contributed by atoms with Crippen LogP contribution in [0, 0.1) is 6.92 Å². The summed E-state index contributed by atoms with van der Waals surface area (Å²) in [6.45, 7) is 11.2. The van der Waals surface area contributed by atoms with Crippen LogP contribution < -0.4 is 10.6 Å². The molecule has 0 spiro atoms. The van der Waals surface area contributed by atoms with Crippen LogP contribution in [-0.4, -0.2) is 43.7 Å². The van der Waals surface area contributed by atoms with E-state index in [2.05, 4.69) is 65.1 Å². The molecule has 3 rings (SSSR count). The van der Waals surface area contributed by atoms with Crippen molar-refractivity contribution in [2.75, 3.05) is 32.8 Å². The number of guanidine groups is 1. The lowest BCUT2D eigenvalue weighted by Crippen LogP contribution is -2.37. The summed E-state index contributed by atoms with van der Waals surface area (Å²) >= 11 is 1.78. The normalized spacial score (nSPS) is 15.1. The first-order valence-corrected chi connectivity index (χ1v) is 10.6. The first-order valence-electron chi connectivity index (χ1n) is 9.68. The van der Waals surface area contributed by atoms with Crippen molar-refractivity contribution in [2.45, 2.75) is 33.5 Å². The zero-order chi connectivity index (χ0) is 18.9. The van der Waals surface area contributed by atoms with E-state index in [4.69, 9.17) is 9.73 Å². The topological polar surface area (TPSA) is 48.9 Å². The molecule has 0 atom stereocenters. The summed E-state index contributed by atoms with van der Waals surface area (Å²) in [4.78, 5) is 8.63. The van der Waals surface area contributed by atoms with E-state index in [1.807, 2.05) is 0 Å². The van der Waals surface area contributed by atoms with Gasteiger partial charge in [-0.15, -0.1) is 35.3 Å². The lowest BCUT2D eigenvalue weighted by atomic mass is 10.1. The van der Waals surface area contributed by atoms with Gasteiger partial charge in [-0.05, 0) is 42.0 Å². The number of hydrogen-bond donors (Lipinski definition) is 2. The lowest BCUT2D eigenvalue weighted by Gasteiger charge is -2.27. The third-order valence-electron chi connectivity index (χ3n) is 4.75. The van der Waals surface area contributed by atoms with Crippen molar-refractivity contribution in [3.05, 3.63) is 57.3 Å². The molecule has 0 bridgehead atoms. The molecule has 0 radical (unpaired) electrons. The summed E-state index contributed by atoms with van der Waals surface area (Å²) in [5, 5.41) is 8.95. The number of nitrogens with one attached hydrogen (secondary N) is 2. The first kappa shape index (κ1) is 23.1. The fourth-order valence-electron chi connectivity index (χ4n) is 3.12. The van der Waals surface area contributed by atoms with Crippen LogP contribution in [0.1, 0.15) is 28.5 Å². The predicted octanol–water partition coefficient (Wildman–Crippen LogP) is 3.76. The van der Waals surface area contributed by atoms with Crippen molar-refractivity contribution in [3.63, 3.8) is 0 Å². The highest BCUT2D eigenvalue weighted by atomic mass is 127. The highest BCUT2D eigenvalue weighted by Crippen LogP contribution is 2.16. The van der Waals surface area contributed by atoms with Crippen LogP contribution in [0.5, 0.6) is 0 Å². The third kappa shape index (κ3) is 7.02. The van der Waals surface area contributed by atoms with Crippen LogP contribution in [0.25, 0.3) is 0 Å². The van der Waals surface area contributed by atoms with E-state index in [-0.39, 0.29) is 24.0 Å². The number of ether oxygens (including phenoxy) is 1. The minimum atomic E-state index is 0. The predicted molar refractivity (Wildman–Crippen MR) is 129 cm³/mol. The number of morpholine rings is 1. The fraction of sp³-hybridized carbons (Fsp3) is 0.476. The largest absolute Gasteiger partial charge is 0.379 e. The molecule has 0 unspecified atom stereocenters. The van der Waals surface area contributed by atoms with Crippen molar-refractivity contribution >= 4 is 41.3 Å². The van der Waals surface area contributed by atoms with Crippen molar-refractivity contribution in [2.24, 2.45) is 4.99 Å². The Morgan fingerprint density at radius 3 is 2.57 bits per heavy atom. The van der Waals surface area contributed by atoms with Gasteiger partial charge >= 0.3 is 0 Å². The molecule has 7 heteroatoms. The molecule has 1 aromatic carbocycles. The number of benzene rings is 1. The molecular weight excluding hydrogens is 483 g/mol. The molecule has 2 N–H and O–H groups in total. The van der Waals surface area contributed by atoms with Gasteiger partial charge in [0, 0.05) is 31.1 Å².